The van der Waals surface area contributed by atoms with E-state index in [2.05, 4.69) is 47.8 Å². The number of aliphatic hydroxyl groups is 3. The van der Waals surface area contributed by atoms with Crippen molar-refractivity contribution >= 4 is 98.3 Å². The number of hydrazine groups is 2. The number of thioether (sulfide) groups is 1. The molecule has 646 valence electrons. The van der Waals surface area contributed by atoms with E-state index >= 15 is 4.21 Å². The number of carbonyl (C=O) groups is 11. The number of ether oxygens (including phenoxy) is 11. The summed E-state index contributed by atoms with van der Waals surface area (Å²) in [6, 6.07) is -6.13. The van der Waals surface area contributed by atoms with E-state index in [1.807, 2.05) is 6.20 Å². The number of amides is 10. The molecule has 2 saturated heterocycles. The standard InChI is InChI=1S/C73H115N13O27S2/c1-5-45(2)52-33-49(88)37-75-67(96)55-35-53-51-6-7-59(90)54(65(51)81-71(53)115(102)44-57(77-62(93)38-76-66(52)95)68(97)79-56(36-61(74)92)73(101)85-41-50(89)34-58(85)69(98)80-64(70(99)78-55)47(4)60(91)42-87)43-114-31-30-113-29-28-112-27-26-111-25-24-110-23-22-109-21-20-108-19-18-107-17-16-106-15-14-105-13-12-104-11-10-103-9-8-84-39-48(82-83-84)40-86-63(94)32-46(3)72(86)100/h6-7,39,45-47,50,52,55-58,60,64,81-83,87,89-91H,5,8-38,40-44H2,1-4H3,(H2,74,92)(H,75,96)(H,76,95)(H,77,93)(H,78,99)(H,79,97)(H,80,98)/t45-,46?,47-,50+,52-,55-,56-,57+,58-,60-,64-,115?/m0/s1. The molecule has 5 aliphatic heterocycles. The molecule has 2 fully saturated rings. The van der Waals surface area contributed by atoms with Gasteiger partial charge in [0.1, 0.15) is 41.0 Å². The first kappa shape index (κ1) is 94.5. The maximum absolute atomic E-state index is 15.3. The van der Waals surface area contributed by atoms with Gasteiger partial charge in [0.05, 0.1) is 225 Å². The van der Waals surface area contributed by atoms with Crippen molar-refractivity contribution in [1.29, 1.82) is 0 Å². The van der Waals surface area contributed by atoms with Gasteiger partial charge in [-0.25, -0.2) is 0 Å². The third-order valence-corrected chi connectivity index (χ3v) is 21.8. The molecule has 1 aromatic heterocycles. The van der Waals surface area contributed by atoms with Crippen LogP contribution in [0.1, 0.15) is 70.9 Å². The lowest BCUT2D eigenvalue weighted by Crippen LogP contribution is -2.62. The van der Waals surface area contributed by atoms with Crippen LogP contribution in [0.2, 0.25) is 0 Å². The molecule has 42 heteroatoms. The smallest absolute Gasteiger partial charge is 0.246 e. The third-order valence-electron chi connectivity index (χ3n) is 19.4. The van der Waals surface area contributed by atoms with Gasteiger partial charge in [0.2, 0.25) is 59.1 Å². The van der Waals surface area contributed by atoms with Gasteiger partial charge in [-0.2, -0.15) is 11.8 Å². The second-order valence-corrected chi connectivity index (χ2v) is 30.5. The number of ketones is 1. The van der Waals surface area contributed by atoms with Crippen LogP contribution < -0.4 is 48.6 Å². The number of nitrogens with zero attached hydrogens (tertiary/aromatic N) is 3. The molecule has 10 amide bonds. The number of nitrogens with two attached hydrogens (primary N) is 1. The number of aromatic amines is 1. The Morgan fingerprint density at radius 2 is 1.22 bits per heavy atom. The molecule has 2 aromatic rings. The number of phenols is 1. The van der Waals surface area contributed by atoms with E-state index in [-0.39, 0.29) is 89.1 Å². The summed E-state index contributed by atoms with van der Waals surface area (Å²) in [5, 5.41) is 60.3. The molecule has 5 aliphatic rings. The second kappa shape index (κ2) is 50.9. The lowest BCUT2D eigenvalue weighted by molar-refractivity contribution is -0.144. The van der Waals surface area contributed by atoms with Gasteiger partial charge in [-0.05, 0) is 23.6 Å². The zero-order valence-electron chi connectivity index (χ0n) is 65.7. The van der Waals surface area contributed by atoms with Crippen LogP contribution in [0, 0.1) is 23.7 Å². The number of aromatic nitrogens is 1. The molecular weight excluding hydrogens is 1560 g/mol. The molecule has 0 saturated carbocycles. The quantitative estimate of drug-likeness (QED) is 0.0218. The lowest BCUT2D eigenvalue weighted by atomic mass is 9.86. The average Bonchev–Trinajstić information content (AvgIpc) is 1.62. The fourth-order valence-electron chi connectivity index (χ4n) is 12.8. The van der Waals surface area contributed by atoms with Crippen molar-refractivity contribution in [3.8, 4) is 5.75 Å². The number of likely N-dealkylation sites (tertiary alicyclic amines) is 1. The van der Waals surface area contributed by atoms with Crippen LogP contribution in [0.15, 0.2) is 29.1 Å². The Labute approximate surface area is 673 Å². The van der Waals surface area contributed by atoms with E-state index in [0.717, 1.165) is 10.6 Å². The molecular formula is C73H115N13O27S2. The number of benzene rings is 1. The summed E-state index contributed by atoms with van der Waals surface area (Å²) in [6.07, 6.45) is -2.92. The molecule has 2 bridgehead atoms. The molecule has 115 heavy (non-hydrogen) atoms. The average molecular weight is 1670 g/mol. The van der Waals surface area contributed by atoms with Crippen LogP contribution in [-0.2, 0) is 128 Å². The first-order valence-corrected chi connectivity index (χ1v) is 41.2. The Morgan fingerprint density at radius 3 is 1.76 bits per heavy atom. The number of imide groups is 1. The highest BCUT2D eigenvalue weighted by atomic mass is 32.2. The molecule has 7 rings (SSSR count). The number of aromatic hydroxyl groups is 1. The Morgan fingerprint density at radius 1 is 0.661 bits per heavy atom. The maximum Gasteiger partial charge on any atom is 0.246 e. The topological polar surface area (TPSA) is 535 Å². The van der Waals surface area contributed by atoms with Crippen LogP contribution >= 0.6 is 11.8 Å². The second-order valence-electron chi connectivity index (χ2n) is 28.0. The zero-order valence-corrected chi connectivity index (χ0v) is 67.3. The number of H-pyrrole nitrogens is 1. The molecule has 15 N–H and O–H groups in total. The van der Waals surface area contributed by atoms with Crippen molar-refractivity contribution in [3.63, 3.8) is 0 Å². The van der Waals surface area contributed by atoms with Crippen molar-refractivity contribution in [3.05, 3.63) is 35.2 Å². The summed E-state index contributed by atoms with van der Waals surface area (Å²) >= 11 is 1.35. The molecule has 0 spiro atoms. The van der Waals surface area contributed by atoms with Gasteiger partial charge in [-0.3, -0.25) is 66.9 Å². The van der Waals surface area contributed by atoms with Crippen molar-refractivity contribution in [2.75, 3.05) is 196 Å². The molecule has 40 nitrogen and oxygen atoms in total. The summed E-state index contributed by atoms with van der Waals surface area (Å²) in [7, 11) is -2.48. The summed E-state index contributed by atoms with van der Waals surface area (Å²) in [4.78, 5) is 157. The third kappa shape index (κ3) is 31.3. The molecule has 12 atom stereocenters. The highest BCUT2D eigenvalue weighted by Crippen LogP contribution is 2.36. The van der Waals surface area contributed by atoms with Crippen LogP contribution in [0.25, 0.3) is 10.9 Å². The van der Waals surface area contributed by atoms with E-state index in [0.29, 0.717) is 144 Å². The maximum atomic E-state index is 15.3. The number of primary amides is 1. The number of fused-ring (bicyclic) bond motifs is 5. The highest BCUT2D eigenvalue weighted by molar-refractivity contribution is 7.98. The first-order valence-electron chi connectivity index (χ1n) is 38.7. The number of hydrogen-bond donors (Lipinski definition) is 14. The van der Waals surface area contributed by atoms with Crippen molar-refractivity contribution in [2.24, 2.45) is 29.4 Å². The number of phenolic OH excluding ortho intramolecular Hbond substituents is 1. The van der Waals surface area contributed by atoms with E-state index in [1.165, 1.54) is 35.7 Å². The van der Waals surface area contributed by atoms with Gasteiger partial charge in [0.25, 0.3) is 0 Å². The Hall–Kier alpha value is -7.63. The van der Waals surface area contributed by atoms with E-state index in [9.17, 15) is 73.2 Å². The highest BCUT2D eigenvalue weighted by Gasteiger charge is 2.46. The molecule has 0 aliphatic carbocycles. The van der Waals surface area contributed by atoms with Gasteiger partial charge in [0.15, 0.2) is 5.78 Å². The largest absolute Gasteiger partial charge is 0.508 e. The van der Waals surface area contributed by atoms with Crippen molar-refractivity contribution in [2.45, 2.75) is 119 Å². The molecule has 6 heterocycles. The Kier molecular flexibility index (Phi) is 41.8. The van der Waals surface area contributed by atoms with Gasteiger partial charge < -0.3 is 125 Å². The van der Waals surface area contributed by atoms with Crippen LogP contribution in [0.5, 0.6) is 5.75 Å². The minimum atomic E-state index is -2.48. The fraction of sp³-hybridized carbons (Fsp3) is 0.712. The predicted molar refractivity (Wildman–Crippen MR) is 410 cm³/mol. The number of carbonyl (C=O) groups excluding carboxylic acids is 11. The summed E-state index contributed by atoms with van der Waals surface area (Å²) in [5.41, 5.74) is 12.8. The monoisotopic (exact) mass is 1670 g/mol. The lowest BCUT2D eigenvalue weighted by Gasteiger charge is -2.32. The van der Waals surface area contributed by atoms with Crippen LogP contribution in [-0.4, -0.2) is 348 Å². The van der Waals surface area contributed by atoms with Crippen LogP contribution in [0.4, 0.5) is 0 Å². The van der Waals surface area contributed by atoms with Gasteiger partial charge in [0, 0.05) is 78.6 Å². The Bertz CT molecular complexity index is 3560. The number of hydrogen-bond acceptors (Lipinski definition) is 31. The van der Waals surface area contributed by atoms with Crippen molar-refractivity contribution < 1.29 is 129 Å². The fourth-order valence-corrected chi connectivity index (χ4v) is 15.0. The number of nitrogens with one attached hydrogen (secondary N) is 9. The van der Waals surface area contributed by atoms with Gasteiger partial charge >= 0.3 is 0 Å². The molecule has 0 radical (unpaired) electrons. The molecule has 2 unspecified atom stereocenters. The predicted octanol–water partition coefficient (Wildman–Crippen LogP) is -4.85. The number of rotatable bonds is 47. The van der Waals surface area contributed by atoms with E-state index in [1.54, 1.807) is 25.8 Å². The van der Waals surface area contributed by atoms with Crippen molar-refractivity contribution in [1.82, 2.24) is 62.7 Å². The van der Waals surface area contributed by atoms with Crippen LogP contribution in [0.3, 0.4) is 0 Å². The first-order chi connectivity index (χ1) is 55.4. The Balaban J connectivity index is 0.801. The van der Waals surface area contributed by atoms with Gasteiger partial charge in [-0.15, -0.1) is 5.53 Å². The zero-order chi connectivity index (χ0) is 83.2. The number of Topliss-reactive ketones (excluding diaryl/α,β-unsaturated/α-hetero) is 1. The summed E-state index contributed by atoms with van der Waals surface area (Å²) in [5.74, 6) is -12.9. The number of aliphatic hydroxyl groups excluding tert-OH is 3. The summed E-state index contributed by atoms with van der Waals surface area (Å²) in [6.45, 7) is 12.6. The minimum Gasteiger partial charge on any atom is -0.508 e. The summed E-state index contributed by atoms with van der Waals surface area (Å²) < 4.78 is 76.8. The van der Waals surface area contributed by atoms with E-state index in [4.69, 9.17) is 57.8 Å². The SMILES string of the molecule is CC[C@H](C)[C@@H]1CC(=O)CNC(=O)[C@@H]2Cc3c([nH]c4c(CSCCOCCOCCOCCOCCOCCOCCOCCOCCOCCOCCOCCN5C=C(CN6C(=O)CC(C)C6=O)NN5)c(O)ccc34)S(=O)C[C@@H](NC(=O)CNC1=O)C(=O)N[C@@H](CC(N)=O)C(=O)N1C[C@H](O)C[C@H]1C(=O)N[C@@H]([C@@H](C)[C@@H](O)CO)C(=O)N2. The minimum absolute atomic E-state index is 0.0629. The molecule has 1 aromatic carbocycles. The van der Waals surface area contributed by atoms with Gasteiger partial charge in [-0.1, -0.05) is 34.1 Å². The van der Waals surface area contributed by atoms with E-state index < -0.39 is 182 Å². The normalized spacial score (nSPS) is 23.2.